The van der Waals surface area contributed by atoms with Crippen molar-refractivity contribution in [3.8, 4) is 5.75 Å². The molecule has 1 aromatic rings. The minimum absolute atomic E-state index is 0.116. The summed E-state index contributed by atoms with van der Waals surface area (Å²) in [5.41, 5.74) is 0.554. The van der Waals surface area contributed by atoms with E-state index in [2.05, 4.69) is 10.6 Å². The van der Waals surface area contributed by atoms with E-state index in [0.717, 1.165) is 19.3 Å². The van der Waals surface area contributed by atoms with Crippen LogP contribution in [-0.4, -0.2) is 29.4 Å². The molecule has 5 nitrogen and oxygen atoms in total. The zero-order chi connectivity index (χ0) is 12.5. The van der Waals surface area contributed by atoms with Gasteiger partial charge in [-0.15, -0.1) is 0 Å². The van der Waals surface area contributed by atoms with Crippen molar-refractivity contribution in [2.75, 3.05) is 18.5 Å². The van der Waals surface area contributed by atoms with Crippen LogP contribution in [-0.2, 0) is 0 Å². The van der Waals surface area contributed by atoms with Gasteiger partial charge in [-0.3, -0.25) is 0 Å². The lowest BCUT2D eigenvalue weighted by molar-refractivity contribution is 0.251. The van der Waals surface area contributed by atoms with Crippen molar-refractivity contribution in [2.45, 2.75) is 19.3 Å². The van der Waals surface area contributed by atoms with Gasteiger partial charge < -0.3 is 20.8 Å². The van der Waals surface area contributed by atoms with Gasteiger partial charge in [-0.2, -0.15) is 0 Å². The highest BCUT2D eigenvalue weighted by Gasteiger charge is 2.00. The number of nitrogens with one attached hydrogen (secondary N) is 2. The summed E-state index contributed by atoms with van der Waals surface area (Å²) in [4.78, 5) is 11.4. The number of rotatable bonds is 6. The number of hydrogen-bond donors (Lipinski definition) is 4. The maximum absolute atomic E-state index is 11.4. The fourth-order valence-electron chi connectivity index (χ4n) is 1.37. The predicted octanol–water partition coefficient (Wildman–Crippen LogP) is 1.68. The van der Waals surface area contributed by atoms with E-state index in [-0.39, 0.29) is 18.4 Å². The molecular weight excluding hydrogens is 220 g/mol. The number of urea groups is 1. The van der Waals surface area contributed by atoms with Crippen LogP contribution in [0.5, 0.6) is 5.75 Å². The third-order valence-electron chi connectivity index (χ3n) is 2.22. The number of amides is 2. The van der Waals surface area contributed by atoms with Crippen molar-refractivity contribution in [1.82, 2.24) is 5.32 Å². The van der Waals surface area contributed by atoms with Gasteiger partial charge in [0.05, 0.1) is 0 Å². The van der Waals surface area contributed by atoms with Crippen molar-refractivity contribution >= 4 is 11.7 Å². The molecule has 5 heteroatoms. The maximum atomic E-state index is 11.4. The average molecular weight is 238 g/mol. The van der Waals surface area contributed by atoms with E-state index in [4.69, 9.17) is 5.11 Å². The van der Waals surface area contributed by atoms with E-state index in [0.29, 0.717) is 12.2 Å². The molecule has 94 valence electrons. The number of benzene rings is 1. The van der Waals surface area contributed by atoms with Gasteiger partial charge in [-0.1, -0.05) is 6.07 Å². The number of carbonyl (C=O) groups is 1. The molecule has 1 aromatic carbocycles. The Kier molecular flexibility index (Phi) is 5.88. The minimum atomic E-state index is -0.292. The highest BCUT2D eigenvalue weighted by molar-refractivity contribution is 5.89. The normalized spacial score (nSPS) is 9.94. The van der Waals surface area contributed by atoms with Crippen molar-refractivity contribution in [2.24, 2.45) is 0 Å². The number of phenols is 1. The number of aliphatic hydroxyl groups excluding tert-OH is 1. The second-order valence-corrected chi connectivity index (χ2v) is 3.72. The van der Waals surface area contributed by atoms with Crippen LogP contribution >= 0.6 is 0 Å². The van der Waals surface area contributed by atoms with Crippen LogP contribution < -0.4 is 10.6 Å². The molecule has 1 rings (SSSR count). The van der Waals surface area contributed by atoms with E-state index < -0.39 is 0 Å². The van der Waals surface area contributed by atoms with E-state index in [1.54, 1.807) is 12.1 Å². The first-order chi connectivity index (χ1) is 8.22. The molecule has 0 spiro atoms. The zero-order valence-electron chi connectivity index (χ0n) is 9.65. The lowest BCUT2D eigenvalue weighted by atomic mass is 10.2. The first-order valence-corrected chi connectivity index (χ1v) is 5.67. The fourth-order valence-corrected chi connectivity index (χ4v) is 1.37. The molecule has 0 saturated heterocycles. The summed E-state index contributed by atoms with van der Waals surface area (Å²) in [5.74, 6) is 0.116. The van der Waals surface area contributed by atoms with Gasteiger partial charge in [0, 0.05) is 24.9 Å². The molecule has 0 fully saturated rings. The second-order valence-electron chi connectivity index (χ2n) is 3.72. The predicted molar refractivity (Wildman–Crippen MR) is 66.1 cm³/mol. The number of hydrogen-bond acceptors (Lipinski definition) is 3. The Morgan fingerprint density at radius 1 is 1.24 bits per heavy atom. The van der Waals surface area contributed by atoms with Crippen LogP contribution in [0.4, 0.5) is 10.5 Å². The van der Waals surface area contributed by atoms with Crippen LogP contribution in [0.1, 0.15) is 19.3 Å². The van der Waals surface area contributed by atoms with E-state index in [9.17, 15) is 9.90 Å². The van der Waals surface area contributed by atoms with E-state index in [1.807, 2.05) is 0 Å². The Morgan fingerprint density at radius 3 is 2.76 bits per heavy atom. The number of anilines is 1. The highest BCUT2D eigenvalue weighted by atomic mass is 16.3. The van der Waals surface area contributed by atoms with Crippen LogP contribution in [0.3, 0.4) is 0 Å². The van der Waals surface area contributed by atoms with Crippen molar-refractivity contribution in [1.29, 1.82) is 0 Å². The number of aliphatic hydroxyl groups is 1. The summed E-state index contributed by atoms with van der Waals surface area (Å²) in [6.45, 7) is 0.764. The second kappa shape index (κ2) is 7.51. The maximum Gasteiger partial charge on any atom is 0.319 e. The Bertz CT molecular complexity index is 355. The summed E-state index contributed by atoms with van der Waals surface area (Å²) >= 11 is 0. The van der Waals surface area contributed by atoms with Crippen LogP contribution in [0.25, 0.3) is 0 Å². The Labute approximate surface area is 100 Å². The minimum Gasteiger partial charge on any atom is -0.508 e. The Balaban J connectivity index is 2.21. The van der Waals surface area contributed by atoms with Crippen LogP contribution in [0.2, 0.25) is 0 Å². The summed E-state index contributed by atoms with van der Waals surface area (Å²) < 4.78 is 0. The summed E-state index contributed by atoms with van der Waals surface area (Å²) in [7, 11) is 0. The summed E-state index contributed by atoms with van der Waals surface area (Å²) in [6.07, 6.45) is 2.49. The first kappa shape index (κ1) is 13.3. The molecule has 17 heavy (non-hydrogen) atoms. The molecule has 2 amide bonds. The molecule has 0 heterocycles. The zero-order valence-corrected chi connectivity index (χ0v) is 9.65. The number of aromatic hydroxyl groups is 1. The third kappa shape index (κ3) is 5.77. The van der Waals surface area contributed by atoms with Gasteiger partial charge in [-0.25, -0.2) is 4.79 Å². The summed E-state index contributed by atoms with van der Waals surface area (Å²) in [6, 6.07) is 6.08. The number of carbonyl (C=O) groups excluding carboxylic acids is 1. The largest absolute Gasteiger partial charge is 0.508 e. The Hall–Kier alpha value is -1.75. The molecule has 0 aliphatic rings. The van der Waals surface area contributed by atoms with Crippen molar-refractivity contribution < 1.29 is 15.0 Å². The highest BCUT2D eigenvalue weighted by Crippen LogP contribution is 2.14. The molecule has 0 bridgehead atoms. The molecular formula is C12H18N2O3. The molecule has 0 aliphatic heterocycles. The van der Waals surface area contributed by atoms with Gasteiger partial charge in [0.2, 0.25) is 0 Å². The molecule has 4 N–H and O–H groups in total. The van der Waals surface area contributed by atoms with E-state index in [1.165, 1.54) is 12.1 Å². The first-order valence-electron chi connectivity index (χ1n) is 5.67. The smallest absolute Gasteiger partial charge is 0.319 e. The van der Waals surface area contributed by atoms with Gasteiger partial charge in [0.1, 0.15) is 5.75 Å². The van der Waals surface area contributed by atoms with Gasteiger partial charge >= 0.3 is 6.03 Å². The molecule has 0 atom stereocenters. The molecule has 0 unspecified atom stereocenters. The fraction of sp³-hybridized carbons (Fsp3) is 0.417. The lowest BCUT2D eigenvalue weighted by Gasteiger charge is -2.07. The van der Waals surface area contributed by atoms with Crippen molar-refractivity contribution in [3.63, 3.8) is 0 Å². The van der Waals surface area contributed by atoms with E-state index >= 15 is 0 Å². The Morgan fingerprint density at radius 2 is 2.06 bits per heavy atom. The lowest BCUT2D eigenvalue weighted by Crippen LogP contribution is -2.29. The van der Waals surface area contributed by atoms with Crippen LogP contribution in [0.15, 0.2) is 24.3 Å². The monoisotopic (exact) mass is 238 g/mol. The van der Waals surface area contributed by atoms with Gasteiger partial charge in [0.15, 0.2) is 0 Å². The SMILES string of the molecule is O=C(NCCCCCO)Nc1cccc(O)c1. The molecule has 0 saturated carbocycles. The van der Waals surface area contributed by atoms with Gasteiger partial charge in [-0.05, 0) is 31.4 Å². The molecule has 0 radical (unpaired) electrons. The molecule has 0 aliphatic carbocycles. The quantitative estimate of drug-likeness (QED) is 0.569. The average Bonchev–Trinajstić information content (AvgIpc) is 2.29. The van der Waals surface area contributed by atoms with Crippen LogP contribution in [0, 0.1) is 0 Å². The van der Waals surface area contributed by atoms with Gasteiger partial charge in [0.25, 0.3) is 0 Å². The molecule has 0 aromatic heterocycles. The standard InChI is InChI=1S/C12H18N2O3/c15-8-3-1-2-7-13-12(17)14-10-5-4-6-11(16)9-10/h4-6,9,15-16H,1-3,7-8H2,(H2,13,14,17). The summed E-state index contributed by atoms with van der Waals surface area (Å²) in [5, 5.41) is 23.1. The van der Waals surface area contributed by atoms with Crippen molar-refractivity contribution in [3.05, 3.63) is 24.3 Å². The number of unbranched alkanes of at least 4 members (excludes halogenated alkanes) is 2. The topological polar surface area (TPSA) is 81.6 Å². The third-order valence-corrected chi connectivity index (χ3v) is 2.22. The number of phenolic OH excluding ortho intramolecular Hbond substituents is 1.